The quantitative estimate of drug-likeness (QED) is 0.820. The largest absolute Gasteiger partial charge is 0.481 e. The van der Waals surface area contributed by atoms with Crippen molar-refractivity contribution in [1.29, 1.82) is 0 Å². The zero-order valence-corrected chi connectivity index (χ0v) is 12.8. The normalized spacial score (nSPS) is 28.8. The maximum Gasteiger partial charge on any atom is 0.307 e. The first kappa shape index (κ1) is 15.1. The molecule has 1 fully saturated rings. The third kappa shape index (κ3) is 2.88. The molecule has 22 heavy (non-hydrogen) atoms. The second kappa shape index (κ2) is 6.13. The monoisotopic (exact) mass is 319 g/mol. The molecule has 1 aromatic carbocycles. The number of allylic oxidation sites excluding steroid dienone is 2. The third-order valence-electron chi connectivity index (χ3n) is 4.65. The number of aliphatic carboxylic acids is 1. The van der Waals surface area contributed by atoms with Crippen LogP contribution in [0.4, 0.5) is 0 Å². The lowest BCUT2D eigenvalue weighted by Gasteiger charge is -2.23. The first-order valence-corrected chi connectivity index (χ1v) is 7.87. The summed E-state index contributed by atoms with van der Waals surface area (Å²) in [5.74, 6) is -1.96. The number of halogens is 1. The van der Waals surface area contributed by atoms with Gasteiger partial charge in [0.05, 0.1) is 11.8 Å². The molecule has 2 N–H and O–H groups in total. The van der Waals surface area contributed by atoms with E-state index in [2.05, 4.69) is 5.32 Å². The van der Waals surface area contributed by atoms with Crippen molar-refractivity contribution < 1.29 is 14.7 Å². The highest BCUT2D eigenvalue weighted by molar-refractivity contribution is 6.30. The lowest BCUT2D eigenvalue weighted by atomic mass is 9.82. The molecule has 5 heteroatoms. The number of rotatable bonds is 5. The van der Waals surface area contributed by atoms with Crippen molar-refractivity contribution in [1.82, 2.24) is 5.32 Å². The lowest BCUT2D eigenvalue weighted by Crippen LogP contribution is -2.40. The van der Waals surface area contributed by atoms with Gasteiger partial charge in [-0.1, -0.05) is 35.9 Å². The fourth-order valence-electron chi connectivity index (χ4n) is 3.66. The molecule has 2 aliphatic rings. The van der Waals surface area contributed by atoms with Crippen LogP contribution in [0.1, 0.15) is 12.0 Å². The third-order valence-corrected chi connectivity index (χ3v) is 4.88. The number of benzene rings is 1. The summed E-state index contributed by atoms with van der Waals surface area (Å²) in [6.07, 6.45) is 5.40. The van der Waals surface area contributed by atoms with Gasteiger partial charge in [-0.3, -0.25) is 9.59 Å². The standard InChI is InChI=1S/C17H18ClNO3/c18-13-3-1-2-10(8-13)6-7-19-16(20)14-11-4-5-12(9-11)15(14)17(21)22/h1-5,8,11-12,14-15H,6-7,9H2,(H,19,20)(H,21,22)/t11-,12+,14-,15+/m0/s1. The van der Waals surface area contributed by atoms with Crippen molar-refractivity contribution in [2.24, 2.45) is 23.7 Å². The van der Waals surface area contributed by atoms with E-state index < -0.39 is 17.8 Å². The molecule has 0 aromatic heterocycles. The maximum absolute atomic E-state index is 12.4. The van der Waals surface area contributed by atoms with E-state index in [9.17, 15) is 14.7 Å². The van der Waals surface area contributed by atoms with E-state index >= 15 is 0 Å². The van der Waals surface area contributed by atoms with E-state index in [0.29, 0.717) is 18.0 Å². The summed E-state index contributed by atoms with van der Waals surface area (Å²) in [5, 5.41) is 12.9. The Kier molecular flexibility index (Phi) is 4.21. The van der Waals surface area contributed by atoms with Crippen LogP contribution in [0.15, 0.2) is 36.4 Å². The molecular weight excluding hydrogens is 302 g/mol. The number of carboxylic acids is 1. The van der Waals surface area contributed by atoms with Crippen LogP contribution in [0.2, 0.25) is 5.02 Å². The second-order valence-corrected chi connectivity index (χ2v) is 6.45. The van der Waals surface area contributed by atoms with E-state index in [-0.39, 0.29) is 17.7 Å². The highest BCUT2D eigenvalue weighted by Crippen LogP contribution is 2.48. The number of nitrogens with one attached hydrogen (secondary N) is 1. The molecule has 0 saturated heterocycles. The number of carbonyl (C=O) groups excluding carboxylic acids is 1. The molecule has 3 rings (SSSR count). The van der Waals surface area contributed by atoms with Crippen molar-refractivity contribution in [3.8, 4) is 0 Å². The first-order valence-electron chi connectivity index (χ1n) is 7.49. The van der Waals surface area contributed by atoms with E-state index in [1.165, 1.54) is 0 Å². The van der Waals surface area contributed by atoms with Gasteiger partial charge in [0.2, 0.25) is 5.91 Å². The van der Waals surface area contributed by atoms with Gasteiger partial charge in [0, 0.05) is 11.6 Å². The summed E-state index contributed by atoms with van der Waals surface area (Å²) in [6.45, 7) is 0.489. The van der Waals surface area contributed by atoms with E-state index in [1.54, 1.807) is 0 Å². The van der Waals surface area contributed by atoms with Gasteiger partial charge in [-0.2, -0.15) is 0 Å². The highest BCUT2D eigenvalue weighted by Gasteiger charge is 2.51. The Morgan fingerprint density at radius 3 is 2.64 bits per heavy atom. The summed E-state index contributed by atoms with van der Waals surface area (Å²) >= 11 is 5.93. The Labute approximate surface area is 134 Å². The lowest BCUT2D eigenvalue weighted by molar-refractivity contribution is -0.147. The zero-order chi connectivity index (χ0) is 15.7. The zero-order valence-electron chi connectivity index (χ0n) is 12.0. The summed E-state index contributed by atoms with van der Waals surface area (Å²) in [6, 6.07) is 7.51. The van der Waals surface area contributed by atoms with Crippen LogP contribution in [0.5, 0.6) is 0 Å². The van der Waals surface area contributed by atoms with Gasteiger partial charge >= 0.3 is 5.97 Å². The van der Waals surface area contributed by atoms with Crippen LogP contribution in [0, 0.1) is 23.7 Å². The molecule has 0 aliphatic heterocycles. The number of hydrogen-bond donors (Lipinski definition) is 2. The summed E-state index contributed by atoms with van der Waals surface area (Å²) < 4.78 is 0. The number of amides is 1. The smallest absolute Gasteiger partial charge is 0.307 e. The molecule has 1 saturated carbocycles. The Morgan fingerprint density at radius 2 is 1.95 bits per heavy atom. The number of hydrogen-bond acceptors (Lipinski definition) is 2. The van der Waals surface area contributed by atoms with Crippen molar-refractivity contribution >= 4 is 23.5 Å². The molecule has 2 aliphatic carbocycles. The number of fused-ring (bicyclic) bond motifs is 2. The van der Waals surface area contributed by atoms with Crippen LogP contribution < -0.4 is 5.32 Å². The summed E-state index contributed by atoms with van der Waals surface area (Å²) in [4.78, 5) is 23.8. The molecule has 4 atom stereocenters. The Morgan fingerprint density at radius 1 is 1.23 bits per heavy atom. The van der Waals surface area contributed by atoms with Crippen molar-refractivity contribution in [2.75, 3.05) is 6.54 Å². The first-order chi connectivity index (χ1) is 10.6. The highest BCUT2D eigenvalue weighted by atomic mass is 35.5. The average molecular weight is 320 g/mol. The van der Waals surface area contributed by atoms with Gasteiger partial charge < -0.3 is 10.4 Å². The molecule has 0 unspecified atom stereocenters. The van der Waals surface area contributed by atoms with E-state index in [4.69, 9.17) is 11.6 Å². The predicted molar refractivity (Wildman–Crippen MR) is 83.5 cm³/mol. The average Bonchev–Trinajstić information content (AvgIpc) is 3.07. The minimum atomic E-state index is -0.869. The second-order valence-electron chi connectivity index (χ2n) is 6.01. The molecule has 2 bridgehead atoms. The van der Waals surface area contributed by atoms with Crippen LogP contribution >= 0.6 is 11.6 Å². The van der Waals surface area contributed by atoms with Crippen molar-refractivity contribution in [3.05, 3.63) is 47.0 Å². The fourth-order valence-corrected chi connectivity index (χ4v) is 3.87. The Balaban J connectivity index is 1.58. The van der Waals surface area contributed by atoms with Crippen LogP contribution in [-0.2, 0) is 16.0 Å². The number of carboxylic acid groups (broad SMARTS) is 1. The van der Waals surface area contributed by atoms with E-state index in [0.717, 1.165) is 12.0 Å². The molecule has 0 radical (unpaired) electrons. The van der Waals surface area contributed by atoms with Crippen molar-refractivity contribution in [3.63, 3.8) is 0 Å². The molecule has 4 nitrogen and oxygen atoms in total. The Hall–Kier alpha value is -1.81. The predicted octanol–water partition coefficient (Wildman–Crippen LogP) is 2.52. The maximum atomic E-state index is 12.4. The Bertz CT molecular complexity index is 628. The minimum absolute atomic E-state index is 0.00572. The molecule has 0 spiro atoms. The minimum Gasteiger partial charge on any atom is -0.481 e. The van der Waals surface area contributed by atoms with Crippen molar-refractivity contribution in [2.45, 2.75) is 12.8 Å². The van der Waals surface area contributed by atoms with Gasteiger partial charge in [0.25, 0.3) is 0 Å². The van der Waals surface area contributed by atoms with Crippen LogP contribution in [0.25, 0.3) is 0 Å². The molecule has 1 amide bonds. The van der Waals surface area contributed by atoms with Crippen LogP contribution in [-0.4, -0.2) is 23.5 Å². The molecular formula is C17H18ClNO3. The number of carbonyl (C=O) groups is 2. The van der Waals surface area contributed by atoms with Gasteiger partial charge in [0.1, 0.15) is 0 Å². The van der Waals surface area contributed by atoms with Gasteiger partial charge in [-0.15, -0.1) is 0 Å². The van der Waals surface area contributed by atoms with E-state index in [1.807, 2.05) is 36.4 Å². The molecule has 1 aromatic rings. The molecule has 0 heterocycles. The van der Waals surface area contributed by atoms with Crippen LogP contribution in [0.3, 0.4) is 0 Å². The van der Waals surface area contributed by atoms with Gasteiger partial charge in [-0.25, -0.2) is 0 Å². The van der Waals surface area contributed by atoms with Gasteiger partial charge in [-0.05, 0) is 42.4 Å². The SMILES string of the molecule is O=C(NCCc1cccc(Cl)c1)[C@@H]1[C@H](C(=O)O)[C@@H]2C=C[C@H]1C2. The summed E-state index contributed by atoms with van der Waals surface area (Å²) in [7, 11) is 0. The fraction of sp³-hybridized carbons (Fsp3) is 0.412. The van der Waals surface area contributed by atoms with Gasteiger partial charge in [0.15, 0.2) is 0 Å². The molecule has 116 valence electrons. The topological polar surface area (TPSA) is 66.4 Å². The summed E-state index contributed by atoms with van der Waals surface area (Å²) in [5.41, 5.74) is 1.05.